The van der Waals surface area contributed by atoms with Crippen LogP contribution in [0.15, 0.2) is 107 Å². The maximum absolute atomic E-state index is 13.6. The van der Waals surface area contributed by atoms with Crippen LogP contribution in [-0.4, -0.2) is 32.3 Å². The van der Waals surface area contributed by atoms with Crippen LogP contribution in [0.2, 0.25) is 0 Å². The number of fused-ring (bicyclic) bond motifs is 1. The van der Waals surface area contributed by atoms with Crippen molar-refractivity contribution in [2.75, 3.05) is 25.6 Å². The Morgan fingerprint density at radius 2 is 2.14 bits per heavy atom. The molecule has 1 atom stereocenters. The molecule has 1 aromatic rings. The molecule has 0 heterocycles. The highest BCUT2D eigenvalue weighted by molar-refractivity contribution is 6.08. The van der Waals surface area contributed by atoms with Crippen molar-refractivity contribution < 1.29 is 18.7 Å². The van der Waals surface area contributed by atoms with E-state index in [0.717, 1.165) is 29.0 Å². The number of benzene rings is 1. The highest BCUT2D eigenvalue weighted by atomic mass is 19.1. The number of rotatable bonds is 9. The smallest absolute Gasteiger partial charge is 0.256 e. The van der Waals surface area contributed by atoms with Gasteiger partial charge in [0.2, 0.25) is 0 Å². The fourth-order valence-electron chi connectivity index (χ4n) is 3.70. The van der Waals surface area contributed by atoms with Gasteiger partial charge in [-0.15, -0.1) is 5.92 Å². The third-order valence-corrected chi connectivity index (χ3v) is 5.53. The average Bonchev–Trinajstić information content (AvgIpc) is 3.21. The minimum atomic E-state index is -0.408. The molecule has 1 aromatic carbocycles. The molecular formula is C30H31FN2O3. The van der Waals surface area contributed by atoms with Crippen LogP contribution in [0.25, 0.3) is 0 Å². The predicted octanol–water partition coefficient (Wildman–Crippen LogP) is 5.51. The Bertz CT molecular complexity index is 1240. The third-order valence-electron chi connectivity index (χ3n) is 5.53. The monoisotopic (exact) mass is 486 g/mol. The Balaban J connectivity index is 1.69. The normalized spacial score (nSPS) is 17.3. The number of anilines is 1. The number of nitrogens with one attached hydrogen (secondary N) is 2. The molecule has 0 bridgehead atoms. The molecule has 0 aromatic heterocycles. The van der Waals surface area contributed by atoms with Crippen LogP contribution in [0.5, 0.6) is 0 Å². The second-order valence-corrected chi connectivity index (χ2v) is 7.95. The summed E-state index contributed by atoms with van der Waals surface area (Å²) in [4.78, 5) is 13.1. The van der Waals surface area contributed by atoms with E-state index in [0.29, 0.717) is 24.4 Å². The van der Waals surface area contributed by atoms with Gasteiger partial charge in [-0.1, -0.05) is 48.4 Å². The van der Waals surface area contributed by atoms with E-state index in [1.807, 2.05) is 43.4 Å². The van der Waals surface area contributed by atoms with Crippen molar-refractivity contribution >= 4 is 11.6 Å². The molecular weight excluding hydrogens is 455 g/mol. The SMILES string of the molecule is CC#C/C=C\C(NCCOC1C=CC=C(C(=O)Nc2cccc(F)c2)C2=CC=CCC=C21)=C(/C)OC. The Labute approximate surface area is 212 Å². The number of amides is 1. The van der Waals surface area contributed by atoms with Crippen molar-refractivity contribution in [3.05, 3.63) is 113 Å². The Kier molecular flexibility index (Phi) is 10.1. The molecule has 186 valence electrons. The van der Waals surface area contributed by atoms with E-state index in [2.05, 4.69) is 28.6 Å². The zero-order chi connectivity index (χ0) is 25.8. The first-order valence-corrected chi connectivity index (χ1v) is 11.8. The molecule has 36 heavy (non-hydrogen) atoms. The van der Waals surface area contributed by atoms with Crippen LogP contribution < -0.4 is 10.6 Å². The average molecular weight is 487 g/mol. The van der Waals surface area contributed by atoms with Crippen molar-refractivity contribution in [2.45, 2.75) is 26.4 Å². The molecule has 3 rings (SSSR count). The van der Waals surface area contributed by atoms with Gasteiger partial charge in [0, 0.05) is 17.8 Å². The van der Waals surface area contributed by atoms with Crippen molar-refractivity contribution in [3.8, 4) is 11.8 Å². The molecule has 1 unspecified atom stereocenters. The molecule has 2 aliphatic rings. The molecule has 0 spiro atoms. The van der Waals surface area contributed by atoms with Crippen LogP contribution in [0.3, 0.4) is 0 Å². The molecule has 0 fully saturated rings. The maximum atomic E-state index is 13.6. The number of carbonyl (C=O) groups excluding carboxylic acids is 1. The highest BCUT2D eigenvalue weighted by Gasteiger charge is 2.25. The van der Waals surface area contributed by atoms with E-state index in [4.69, 9.17) is 9.47 Å². The summed E-state index contributed by atoms with van der Waals surface area (Å²) in [6.45, 7) is 4.63. The number of hydrogen-bond acceptors (Lipinski definition) is 4. The first-order valence-electron chi connectivity index (χ1n) is 11.8. The van der Waals surface area contributed by atoms with Crippen LogP contribution in [-0.2, 0) is 14.3 Å². The van der Waals surface area contributed by atoms with Crippen LogP contribution in [0.4, 0.5) is 10.1 Å². The predicted molar refractivity (Wildman–Crippen MR) is 142 cm³/mol. The summed E-state index contributed by atoms with van der Waals surface area (Å²) in [5.74, 6) is 5.75. The maximum Gasteiger partial charge on any atom is 0.256 e. The molecule has 5 nitrogen and oxygen atoms in total. The van der Waals surface area contributed by atoms with Gasteiger partial charge in [0.05, 0.1) is 19.4 Å². The first kappa shape index (κ1) is 26.5. The molecule has 0 radical (unpaired) electrons. The Morgan fingerprint density at radius 3 is 2.92 bits per heavy atom. The number of carbonyl (C=O) groups is 1. The lowest BCUT2D eigenvalue weighted by molar-refractivity contribution is -0.112. The van der Waals surface area contributed by atoms with Gasteiger partial charge in [-0.25, -0.2) is 4.39 Å². The van der Waals surface area contributed by atoms with E-state index in [1.165, 1.54) is 12.1 Å². The van der Waals surface area contributed by atoms with Gasteiger partial charge in [0.25, 0.3) is 5.91 Å². The standard InChI is InChI=1S/C30H31FN2O3/c1-4-5-7-17-28(22(2)35-3)32-19-20-36-29-18-11-16-27(25-14-8-6-9-15-26(25)29)30(34)33-24-13-10-12-23(31)21-24/h6-8,10-18,21,29,32H,9,19-20H2,1-3H3,(H,33,34)/b17-7-,28-22-. The van der Waals surface area contributed by atoms with Gasteiger partial charge in [-0.2, -0.15) is 0 Å². The van der Waals surface area contributed by atoms with Crippen molar-refractivity contribution in [1.82, 2.24) is 5.32 Å². The molecule has 1 amide bonds. The summed E-state index contributed by atoms with van der Waals surface area (Å²) in [6.07, 6.45) is 17.5. The second kappa shape index (κ2) is 13.7. The van der Waals surface area contributed by atoms with Crippen molar-refractivity contribution in [1.29, 1.82) is 0 Å². The van der Waals surface area contributed by atoms with Gasteiger partial charge in [-0.05, 0) is 67.8 Å². The first-order chi connectivity index (χ1) is 17.5. The number of halogens is 1. The minimum absolute atomic E-state index is 0.313. The Hall–Kier alpha value is -4.08. The summed E-state index contributed by atoms with van der Waals surface area (Å²) in [5.41, 5.74) is 3.41. The van der Waals surface area contributed by atoms with E-state index in [1.54, 1.807) is 38.3 Å². The summed E-state index contributed by atoms with van der Waals surface area (Å²) < 4.78 is 25.2. The van der Waals surface area contributed by atoms with Crippen LogP contribution in [0.1, 0.15) is 20.3 Å². The lowest BCUT2D eigenvalue weighted by atomic mass is 9.94. The lowest BCUT2D eigenvalue weighted by Gasteiger charge is -2.21. The zero-order valence-electron chi connectivity index (χ0n) is 20.8. The lowest BCUT2D eigenvalue weighted by Crippen LogP contribution is -2.25. The number of ether oxygens (including phenoxy) is 2. The molecule has 2 aliphatic carbocycles. The summed E-state index contributed by atoms with van der Waals surface area (Å²) in [6, 6.07) is 5.85. The highest BCUT2D eigenvalue weighted by Crippen LogP contribution is 2.31. The van der Waals surface area contributed by atoms with E-state index >= 15 is 0 Å². The fraction of sp³-hybridized carbons (Fsp3) is 0.233. The minimum Gasteiger partial charge on any atom is -0.499 e. The summed E-state index contributed by atoms with van der Waals surface area (Å²) in [5, 5.41) is 6.12. The third kappa shape index (κ3) is 7.46. The topological polar surface area (TPSA) is 59.6 Å². The molecule has 0 aliphatic heterocycles. The fourth-order valence-corrected chi connectivity index (χ4v) is 3.70. The molecule has 0 saturated carbocycles. The summed E-state index contributed by atoms with van der Waals surface area (Å²) in [7, 11) is 1.62. The Morgan fingerprint density at radius 1 is 1.28 bits per heavy atom. The van der Waals surface area contributed by atoms with E-state index in [9.17, 15) is 9.18 Å². The van der Waals surface area contributed by atoms with E-state index < -0.39 is 5.82 Å². The number of hydrogen-bond donors (Lipinski definition) is 2. The van der Waals surface area contributed by atoms with Gasteiger partial charge in [0.1, 0.15) is 17.7 Å². The van der Waals surface area contributed by atoms with Crippen molar-refractivity contribution in [3.63, 3.8) is 0 Å². The molecule has 6 heteroatoms. The largest absolute Gasteiger partial charge is 0.499 e. The second-order valence-electron chi connectivity index (χ2n) is 7.95. The molecule has 2 N–H and O–H groups in total. The quantitative estimate of drug-likeness (QED) is 0.209. The number of methoxy groups -OCH3 is 1. The van der Waals surface area contributed by atoms with E-state index in [-0.39, 0.29) is 12.0 Å². The van der Waals surface area contributed by atoms with Crippen LogP contribution in [0, 0.1) is 17.7 Å². The zero-order valence-corrected chi connectivity index (χ0v) is 20.8. The van der Waals surface area contributed by atoms with Crippen LogP contribution >= 0.6 is 0 Å². The van der Waals surface area contributed by atoms with Gasteiger partial charge in [-0.3, -0.25) is 4.79 Å². The number of allylic oxidation sites excluding steroid dienone is 9. The summed E-state index contributed by atoms with van der Waals surface area (Å²) >= 11 is 0. The van der Waals surface area contributed by atoms with Gasteiger partial charge in [0.15, 0.2) is 0 Å². The van der Waals surface area contributed by atoms with Gasteiger partial charge >= 0.3 is 0 Å². The molecule has 0 saturated heterocycles. The van der Waals surface area contributed by atoms with Gasteiger partial charge < -0.3 is 20.1 Å². The van der Waals surface area contributed by atoms with Crippen molar-refractivity contribution in [2.24, 2.45) is 0 Å².